The average Bonchev–Trinajstić information content (AvgIpc) is 2.53. The minimum Gasteiger partial charge on any atom is -0.385 e. The van der Waals surface area contributed by atoms with E-state index < -0.39 is 15.9 Å². The number of aliphatic hydroxyl groups excluding tert-OH is 1. The lowest BCUT2D eigenvalue weighted by molar-refractivity contribution is 0.157. The molecule has 0 aliphatic rings. The summed E-state index contributed by atoms with van der Waals surface area (Å²) in [5.41, 5.74) is 0. The maximum atomic E-state index is 10.8. The molecule has 0 aliphatic heterocycles. The number of sulfone groups is 1. The lowest BCUT2D eigenvalue weighted by Gasteiger charge is -2.05. The zero-order chi connectivity index (χ0) is 10.6. The van der Waals surface area contributed by atoms with Crippen molar-refractivity contribution in [3.63, 3.8) is 0 Å². The van der Waals surface area contributed by atoms with Crippen molar-refractivity contribution in [1.82, 2.24) is 15.2 Å². The number of rotatable bonds is 5. The number of aliphatic hydroxyl groups is 1. The SMILES string of the molecule is CS(=O)(=O)CCCC(O)c1ncn[nH]1. The summed E-state index contributed by atoms with van der Waals surface area (Å²) in [6, 6.07) is 0. The van der Waals surface area contributed by atoms with Gasteiger partial charge in [-0.15, -0.1) is 0 Å². The summed E-state index contributed by atoms with van der Waals surface area (Å²) in [6.07, 6.45) is 2.49. The first-order valence-electron chi connectivity index (χ1n) is 4.20. The summed E-state index contributed by atoms with van der Waals surface area (Å²) >= 11 is 0. The van der Waals surface area contributed by atoms with Crippen LogP contribution in [0.3, 0.4) is 0 Å². The van der Waals surface area contributed by atoms with E-state index in [9.17, 15) is 13.5 Å². The molecule has 1 atom stereocenters. The standard InChI is InChI=1S/C7H13N3O3S/c1-14(12,13)4-2-3-6(11)7-8-5-9-10-7/h5-6,11H,2-4H2,1H3,(H,8,9,10). The first kappa shape index (κ1) is 11.1. The highest BCUT2D eigenvalue weighted by molar-refractivity contribution is 7.90. The molecule has 2 N–H and O–H groups in total. The lowest BCUT2D eigenvalue weighted by Crippen LogP contribution is -2.06. The van der Waals surface area contributed by atoms with Gasteiger partial charge in [0.15, 0.2) is 5.82 Å². The first-order valence-corrected chi connectivity index (χ1v) is 6.26. The van der Waals surface area contributed by atoms with E-state index in [4.69, 9.17) is 0 Å². The van der Waals surface area contributed by atoms with Crippen LogP contribution in [0.25, 0.3) is 0 Å². The summed E-state index contributed by atoms with van der Waals surface area (Å²) in [5.74, 6) is 0.455. The largest absolute Gasteiger partial charge is 0.385 e. The van der Waals surface area contributed by atoms with E-state index >= 15 is 0 Å². The Labute approximate surface area is 82.3 Å². The summed E-state index contributed by atoms with van der Waals surface area (Å²) in [4.78, 5) is 3.77. The molecule has 0 aromatic carbocycles. The smallest absolute Gasteiger partial charge is 0.153 e. The second kappa shape index (κ2) is 4.52. The molecular formula is C7H13N3O3S. The Morgan fingerprint density at radius 3 is 2.86 bits per heavy atom. The molecule has 6 nitrogen and oxygen atoms in total. The Morgan fingerprint density at radius 1 is 1.64 bits per heavy atom. The van der Waals surface area contributed by atoms with E-state index in [-0.39, 0.29) is 5.75 Å². The molecule has 0 aliphatic carbocycles. The third-order valence-electron chi connectivity index (χ3n) is 1.74. The minimum atomic E-state index is -2.95. The van der Waals surface area contributed by atoms with Crippen LogP contribution in [0.5, 0.6) is 0 Å². The van der Waals surface area contributed by atoms with E-state index in [1.165, 1.54) is 12.6 Å². The molecule has 0 spiro atoms. The van der Waals surface area contributed by atoms with Crippen LogP contribution in [0.4, 0.5) is 0 Å². The normalized spacial score (nSPS) is 14.1. The zero-order valence-electron chi connectivity index (χ0n) is 7.84. The fourth-order valence-corrected chi connectivity index (χ4v) is 1.74. The third kappa shape index (κ3) is 3.84. The van der Waals surface area contributed by atoms with Crippen LogP contribution >= 0.6 is 0 Å². The zero-order valence-corrected chi connectivity index (χ0v) is 8.66. The first-order chi connectivity index (χ1) is 6.49. The molecule has 14 heavy (non-hydrogen) atoms. The van der Waals surface area contributed by atoms with Gasteiger partial charge in [0.2, 0.25) is 0 Å². The topological polar surface area (TPSA) is 95.9 Å². The second-order valence-electron chi connectivity index (χ2n) is 3.16. The predicted molar refractivity (Wildman–Crippen MR) is 50.3 cm³/mol. The predicted octanol–water partition coefficient (Wildman–Crippen LogP) is -0.337. The van der Waals surface area contributed by atoms with Crippen LogP contribution in [-0.4, -0.2) is 40.7 Å². The van der Waals surface area contributed by atoms with Crippen molar-refractivity contribution < 1.29 is 13.5 Å². The highest BCUT2D eigenvalue weighted by Crippen LogP contribution is 2.13. The van der Waals surface area contributed by atoms with Gasteiger partial charge in [-0.05, 0) is 12.8 Å². The Balaban J connectivity index is 2.33. The molecule has 0 saturated heterocycles. The van der Waals surface area contributed by atoms with E-state index in [0.29, 0.717) is 18.7 Å². The molecule has 0 radical (unpaired) electrons. The third-order valence-corrected chi connectivity index (χ3v) is 2.77. The molecule has 1 unspecified atom stereocenters. The number of hydrogen-bond acceptors (Lipinski definition) is 5. The molecule has 0 amide bonds. The van der Waals surface area contributed by atoms with Crippen LogP contribution in [0.15, 0.2) is 6.33 Å². The Bertz CT molecular complexity index is 360. The molecule has 1 aromatic heterocycles. The molecule has 7 heteroatoms. The van der Waals surface area contributed by atoms with Crippen LogP contribution in [0, 0.1) is 0 Å². The van der Waals surface area contributed by atoms with Crippen LogP contribution in [0.2, 0.25) is 0 Å². The van der Waals surface area contributed by atoms with Gasteiger partial charge in [0.25, 0.3) is 0 Å². The number of H-pyrrole nitrogens is 1. The number of nitrogens with one attached hydrogen (secondary N) is 1. The van der Waals surface area contributed by atoms with Crippen LogP contribution in [-0.2, 0) is 9.84 Å². The second-order valence-corrected chi connectivity index (χ2v) is 5.42. The van der Waals surface area contributed by atoms with Crippen molar-refractivity contribution in [3.05, 3.63) is 12.2 Å². The number of aromatic nitrogens is 3. The van der Waals surface area contributed by atoms with Gasteiger partial charge in [-0.25, -0.2) is 13.4 Å². The molecule has 0 saturated carbocycles. The van der Waals surface area contributed by atoms with E-state index in [1.54, 1.807) is 0 Å². The fourth-order valence-electron chi connectivity index (χ4n) is 1.05. The van der Waals surface area contributed by atoms with Gasteiger partial charge in [-0.2, -0.15) is 5.10 Å². The maximum absolute atomic E-state index is 10.8. The molecular weight excluding hydrogens is 206 g/mol. The molecule has 0 fully saturated rings. The van der Waals surface area contributed by atoms with E-state index in [0.717, 1.165) is 0 Å². The van der Waals surface area contributed by atoms with Gasteiger partial charge in [0.05, 0.1) is 0 Å². The number of hydrogen-bond donors (Lipinski definition) is 2. The van der Waals surface area contributed by atoms with Gasteiger partial charge in [-0.1, -0.05) is 0 Å². The van der Waals surface area contributed by atoms with Crippen molar-refractivity contribution in [1.29, 1.82) is 0 Å². The minimum absolute atomic E-state index is 0.0815. The molecule has 0 bridgehead atoms. The summed E-state index contributed by atoms with van der Waals surface area (Å²) in [5, 5.41) is 15.6. The summed E-state index contributed by atoms with van der Waals surface area (Å²) < 4.78 is 21.6. The summed E-state index contributed by atoms with van der Waals surface area (Å²) in [7, 11) is -2.95. The van der Waals surface area contributed by atoms with E-state index in [2.05, 4.69) is 15.2 Å². The number of nitrogens with zero attached hydrogens (tertiary/aromatic N) is 2. The quantitative estimate of drug-likeness (QED) is 0.706. The van der Waals surface area contributed by atoms with Gasteiger partial charge >= 0.3 is 0 Å². The average molecular weight is 219 g/mol. The Morgan fingerprint density at radius 2 is 2.36 bits per heavy atom. The highest BCUT2D eigenvalue weighted by atomic mass is 32.2. The van der Waals surface area contributed by atoms with Gasteiger partial charge in [-0.3, -0.25) is 5.10 Å². The molecule has 1 rings (SSSR count). The van der Waals surface area contributed by atoms with Gasteiger partial charge in [0.1, 0.15) is 22.3 Å². The lowest BCUT2D eigenvalue weighted by atomic mass is 10.2. The van der Waals surface area contributed by atoms with Crippen molar-refractivity contribution in [3.8, 4) is 0 Å². The van der Waals surface area contributed by atoms with Crippen molar-refractivity contribution >= 4 is 9.84 Å². The summed E-state index contributed by atoms with van der Waals surface area (Å²) in [6.45, 7) is 0. The van der Waals surface area contributed by atoms with Crippen molar-refractivity contribution in [2.75, 3.05) is 12.0 Å². The highest BCUT2D eigenvalue weighted by Gasteiger charge is 2.11. The molecule has 80 valence electrons. The molecule has 1 aromatic rings. The van der Waals surface area contributed by atoms with Crippen LogP contribution in [0.1, 0.15) is 24.8 Å². The van der Waals surface area contributed by atoms with Gasteiger partial charge in [0, 0.05) is 12.0 Å². The fraction of sp³-hybridized carbons (Fsp3) is 0.714. The van der Waals surface area contributed by atoms with Crippen molar-refractivity contribution in [2.24, 2.45) is 0 Å². The molecule has 1 heterocycles. The van der Waals surface area contributed by atoms with E-state index in [1.807, 2.05) is 0 Å². The number of aromatic amines is 1. The van der Waals surface area contributed by atoms with Gasteiger partial charge < -0.3 is 5.11 Å². The van der Waals surface area contributed by atoms with Crippen LogP contribution < -0.4 is 0 Å². The monoisotopic (exact) mass is 219 g/mol. The maximum Gasteiger partial charge on any atom is 0.153 e. The Hall–Kier alpha value is -0.950. The Kier molecular flexibility index (Phi) is 3.59. The van der Waals surface area contributed by atoms with Crippen molar-refractivity contribution in [2.45, 2.75) is 18.9 Å².